The van der Waals surface area contributed by atoms with Gasteiger partial charge in [-0.1, -0.05) is 0 Å². The van der Waals surface area contributed by atoms with Gasteiger partial charge in [-0.2, -0.15) is 11.8 Å². The van der Waals surface area contributed by atoms with Gasteiger partial charge in [0, 0.05) is 13.1 Å². The maximum atomic E-state index is 11.6. The Morgan fingerprint density at radius 2 is 2.00 bits per heavy atom. The van der Waals surface area contributed by atoms with E-state index in [9.17, 15) is 8.42 Å². The van der Waals surface area contributed by atoms with Crippen LogP contribution in [0.4, 0.5) is 0 Å². The highest BCUT2D eigenvalue weighted by molar-refractivity contribution is 7.98. The summed E-state index contributed by atoms with van der Waals surface area (Å²) in [4.78, 5) is 0. The molecule has 0 bridgehead atoms. The molecule has 92 valence electrons. The summed E-state index contributed by atoms with van der Waals surface area (Å²) in [6.07, 6.45) is 4.02. The van der Waals surface area contributed by atoms with E-state index < -0.39 is 10.0 Å². The first kappa shape index (κ1) is 15.2. The largest absolute Gasteiger partial charge is 0.318 e. The molecule has 6 heteroatoms. The van der Waals surface area contributed by atoms with Crippen molar-refractivity contribution in [3.05, 3.63) is 0 Å². The van der Waals surface area contributed by atoms with Gasteiger partial charge in [0.25, 0.3) is 0 Å². The summed E-state index contributed by atoms with van der Waals surface area (Å²) in [5, 5.41) is 2.49. The SMILES string of the molecule is CNCC(C)S(=O)(=O)NCCCCSC. The Labute approximate surface area is 97.6 Å². The lowest BCUT2D eigenvalue weighted by molar-refractivity contribution is 0.561. The van der Waals surface area contributed by atoms with Crippen LogP contribution in [0.3, 0.4) is 0 Å². The molecule has 0 radical (unpaired) electrons. The van der Waals surface area contributed by atoms with Crippen LogP contribution in [0.2, 0.25) is 0 Å². The van der Waals surface area contributed by atoms with Gasteiger partial charge in [-0.05, 0) is 38.8 Å². The van der Waals surface area contributed by atoms with Gasteiger partial charge in [-0.25, -0.2) is 13.1 Å². The number of sulfonamides is 1. The molecule has 0 aliphatic heterocycles. The van der Waals surface area contributed by atoms with Crippen molar-refractivity contribution in [2.75, 3.05) is 32.1 Å². The predicted molar refractivity (Wildman–Crippen MR) is 67.9 cm³/mol. The Kier molecular flexibility index (Phi) is 8.50. The molecule has 0 amide bonds. The minimum absolute atomic E-state index is 0.372. The third kappa shape index (κ3) is 7.16. The second-order valence-corrected chi connectivity index (χ2v) is 6.68. The summed E-state index contributed by atoms with van der Waals surface area (Å²) in [7, 11) is -1.37. The van der Waals surface area contributed by atoms with Crippen LogP contribution in [-0.4, -0.2) is 45.8 Å². The standard InChI is InChI=1S/C9H22N2O2S2/c1-9(8-10-2)15(12,13)11-6-4-5-7-14-3/h9-11H,4-8H2,1-3H3. The van der Waals surface area contributed by atoms with Crippen LogP contribution >= 0.6 is 11.8 Å². The molecule has 0 aromatic carbocycles. The summed E-state index contributed by atoms with van der Waals surface area (Å²) in [6.45, 7) is 2.75. The minimum atomic E-state index is -3.13. The van der Waals surface area contributed by atoms with E-state index in [4.69, 9.17) is 0 Å². The monoisotopic (exact) mass is 254 g/mol. The number of hydrogen-bond acceptors (Lipinski definition) is 4. The molecule has 0 aliphatic rings. The zero-order valence-electron chi connectivity index (χ0n) is 9.75. The molecule has 0 aliphatic carbocycles. The lowest BCUT2D eigenvalue weighted by Gasteiger charge is -2.13. The molecule has 0 heterocycles. The zero-order valence-corrected chi connectivity index (χ0v) is 11.4. The molecular formula is C9H22N2O2S2. The van der Waals surface area contributed by atoms with E-state index in [1.165, 1.54) is 0 Å². The number of thioether (sulfide) groups is 1. The van der Waals surface area contributed by atoms with Crippen molar-refractivity contribution >= 4 is 21.8 Å². The first-order valence-electron chi connectivity index (χ1n) is 5.16. The topological polar surface area (TPSA) is 58.2 Å². The Bertz CT molecular complexity index is 242. The summed E-state index contributed by atoms with van der Waals surface area (Å²) in [6, 6.07) is 0. The average Bonchev–Trinajstić information content (AvgIpc) is 2.18. The van der Waals surface area contributed by atoms with E-state index in [1.54, 1.807) is 25.7 Å². The first-order chi connectivity index (χ1) is 7.04. The Hall–Kier alpha value is 0.220. The molecule has 4 nitrogen and oxygen atoms in total. The average molecular weight is 254 g/mol. The molecule has 0 spiro atoms. The molecule has 2 N–H and O–H groups in total. The van der Waals surface area contributed by atoms with Crippen LogP contribution < -0.4 is 10.0 Å². The van der Waals surface area contributed by atoms with Gasteiger partial charge in [-0.15, -0.1) is 0 Å². The van der Waals surface area contributed by atoms with Gasteiger partial charge in [-0.3, -0.25) is 0 Å². The summed E-state index contributed by atoms with van der Waals surface area (Å²) in [5.74, 6) is 1.09. The highest BCUT2D eigenvalue weighted by atomic mass is 32.2. The maximum Gasteiger partial charge on any atom is 0.215 e. The van der Waals surface area contributed by atoms with Gasteiger partial charge in [0.2, 0.25) is 10.0 Å². The molecule has 0 saturated carbocycles. The van der Waals surface area contributed by atoms with E-state index in [0.717, 1.165) is 18.6 Å². The van der Waals surface area contributed by atoms with E-state index in [1.807, 2.05) is 0 Å². The number of unbranched alkanes of at least 4 members (excludes halogenated alkanes) is 1. The first-order valence-corrected chi connectivity index (χ1v) is 8.10. The molecule has 1 atom stereocenters. The van der Waals surface area contributed by atoms with Crippen LogP contribution in [0.15, 0.2) is 0 Å². The van der Waals surface area contributed by atoms with Gasteiger partial charge >= 0.3 is 0 Å². The lowest BCUT2D eigenvalue weighted by Crippen LogP contribution is -2.38. The number of rotatable bonds is 9. The molecule has 0 aromatic rings. The van der Waals surface area contributed by atoms with Gasteiger partial charge < -0.3 is 5.32 Å². The van der Waals surface area contributed by atoms with Crippen molar-refractivity contribution in [3.8, 4) is 0 Å². The van der Waals surface area contributed by atoms with Gasteiger partial charge in [0.1, 0.15) is 0 Å². The summed E-state index contributed by atoms with van der Waals surface area (Å²) in [5.41, 5.74) is 0. The van der Waals surface area contributed by atoms with Crippen LogP contribution in [-0.2, 0) is 10.0 Å². The molecular weight excluding hydrogens is 232 g/mol. The third-order valence-electron chi connectivity index (χ3n) is 2.10. The Morgan fingerprint density at radius 3 is 2.53 bits per heavy atom. The number of hydrogen-bond donors (Lipinski definition) is 2. The highest BCUT2D eigenvalue weighted by Gasteiger charge is 2.18. The van der Waals surface area contributed by atoms with Crippen molar-refractivity contribution in [1.29, 1.82) is 0 Å². The summed E-state index contributed by atoms with van der Waals surface area (Å²) < 4.78 is 25.8. The molecule has 0 saturated heterocycles. The van der Waals surface area contributed by atoms with E-state index in [0.29, 0.717) is 13.1 Å². The Balaban J connectivity index is 3.74. The van der Waals surface area contributed by atoms with Crippen LogP contribution in [0.1, 0.15) is 19.8 Å². The minimum Gasteiger partial charge on any atom is -0.318 e. The smallest absolute Gasteiger partial charge is 0.215 e. The van der Waals surface area contributed by atoms with E-state index in [-0.39, 0.29) is 5.25 Å². The van der Waals surface area contributed by atoms with Gasteiger partial charge in [0.05, 0.1) is 5.25 Å². The fourth-order valence-electron chi connectivity index (χ4n) is 1.13. The zero-order chi connectivity index (χ0) is 11.7. The fraction of sp³-hybridized carbons (Fsp3) is 1.00. The van der Waals surface area contributed by atoms with E-state index >= 15 is 0 Å². The molecule has 15 heavy (non-hydrogen) atoms. The normalized spacial score (nSPS) is 14.1. The van der Waals surface area contributed by atoms with E-state index in [2.05, 4.69) is 16.3 Å². The summed E-state index contributed by atoms with van der Waals surface area (Å²) >= 11 is 1.79. The predicted octanol–water partition coefficient (Wildman–Crippen LogP) is 0.657. The van der Waals surface area contributed by atoms with Crippen molar-refractivity contribution in [3.63, 3.8) is 0 Å². The fourth-order valence-corrected chi connectivity index (χ4v) is 2.72. The molecule has 0 aromatic heterocycles. The molecule has 0 rings (SSSR count). The van der Waals surface area contributed by atoms with Crippen LogP contribution in [0.25, 0.3) is 0 Å². The van der Waals surface area contributed by atoms with Crippen molar-refractivity contribution < 1.29 is 8.42 Å². The third-order valence-corrected chi connectivity index (χ3v) is 4.63. The van der Waals surface area contributed by atoms with Crippen LogP contribution in [0.5, 0.6) is 0 Å². The lowest BCUT2D eigenvalue weighted by atomic mass is 10.3. The quantitative estimate of drug-likeness (QED) is 0.593. The van der Waals surface area contributed by atoms with Crippen LogP contribution in [0, 0.1) is 0 Å². The van der Waals surface area contributed by atoms with Crippen molar-refractivity contribution in [2.45, 2.75) is 25.0 Å². The Morgan fingerprint density at radius 1 is 1.33 bits per heavy atom. The molecule has 0 fully saturated rings. The van der Waals surface area contributed by atoms with Crippen molar-refractivity contribution in [1.82, 2.24) is 10.0 Å². The van der Waals surface area contributed by atoms with Gasteiger partial charge in [0.15, 0.2) is 0 Å². The highest BCUT2D eigenvalue weighted by Crippen LogP contribution is 2.00. The van der Waals surface area contributed by atoms with Crippen molar-refractivity contribution in [2.24, 2.45) is 0 Å². The maximum absolute atomic E-state index is 11.6. The molecule has 1 unspecified atom stereocenters. The second-order valence-electron chi connectivity index (χ2n) is 3.51. The second kappa shape index (κ2) is 8.38. The number of nitrogens with one attached hydrogen (secondary N) is 2.